The minimum Gasteiger partial charge on any atom is -0.367 e. The summed E-state index contributed by atoms with van der Waals surface area (Å²) in [5.74, 6) is 6.67. The summed E-state index contributed by atoms with van der Waals surface area (Å²) >= 11 is 0. The van der Waals surface area contributed by atoms with Gasteiger partial charge in [-0.1, -0.05) is 39.0 Å². The van der Waals surface area contributed by atoms with E-state index in [1.54, 1.807) is 0 Å². The Labute approximate surface area is 179 Å². The molecule has 0 aromatic heterocycles. The number of fused-ring (bicyclic) bond motifs is 1. The van der Waals surface area contributed by atoms with Crippen molar-refractivity contribution in [2.75, 3.05) is 32.4 Å². The molecule has 0 aliphatic carbocycles. The number of hydrogen-bond acceptors (Lipinski definition) is 6. The maximum Gasteiger partial charge on any atom is 0.151 e. The van der Waals surface area contributed by atoms with E-state index in [1.165, 1.54) is 5.56 Å². The van der Waals surface area contributed by atoms with Crippen molar-refractivity contribution in [3.63, 3.8) is 0 Å². The Kier molecular flexibility index (Phi) is 6.62. The molecule has 0 bridgehead atoms. The minimum atomic E-state index is -1.74. The summed E-state index contributed by atoms with van der Waals surface area (Å²) in [7, 11) is -1.74. The lowest BCUT2D eigenvalue weighted by molar-refractivity contribution is -0.113. The lowest BCUT2D eigenvalue weighted by atomic mass is 9.89. The van der Waals surface area contributed by atoms with Crippen LogP contribution in [0.25, 0.3) is 0 Å². The van der Waals surface area contributed by atoms with Gasteiger partial charge >= 0.3 is 0 Å². The lowest BCUT2D eigenvalue weighted by Gasteiger charge is -2.35. The van der Waals surface area contributed by atoms with E-state index in [4.69, 9.17) is 16.4 Å². The summed E-state index contributed by atoms with van der Waals surface area (Å²) in [4.78, 5) is 10.1. The van der Waals surface area contributed by atoms with Crippen molar-refractivity contribution >= 4 is 10.2 Å². The van der Waals surface area contributed by atoms with Gasteiger partial charge in [0.2, 0.25) is 0 Å². The number of likely N-dealkylation sites (tertiary alicyclic amines) is 1. The molecular formula is C22H32FN5OS. The Morgan fingerprint density at radius 2 is 1.80 bits per heavy atom. The standard InChI is InChI=1S/C22H32FN5OS/c1-30(21-4-2-3-5-22(21)30)28(23)29-19-8-6-17(7-9-19)10-13-27-14-11-18(12-15-27)20(16-24)26-25/h2-9,18,20,26H,10-16,24-25H2,1H3. The normalized spacial score (nSPS) is 20.6. The summed E-state index contributed by atoms with van der Waals surface area (Å²) in [6.07, 6.45) is 5.12. The van der Waals surface area contributed by atoms with Crippen LogP contribution < -0.4 is 21.8 Å². The molecule has 5 N–H and O–H groups in total. The van der Waals surface area contributed by atoms with Crippen LogP contribution in [-0.2, 0) is 6.42 Å². The molecule has 1 unspecified atom stereocenters. The first-order valence-corrected chi connectivity index (χ1v) is 12.5. The molecule has 2 aliphatic rings. The van der Waals surface area contributed by atoms with E-state index in [0.29, 0.717) is 22.9 Å². The van der Waals surface area contributed by atoms with Gasteiger partial charge in [-0.15, -0.1) is 0 Å². The van der Waals surface area contributed by atoms with Gasteiger partial charge in [-0.3, -0.25) is 11.3 Å². The Bertz CT molecular complexity index is 817. The molecule has 8 heteroatoms. The van der Waals surface area contributed by atoms with Gasteiger partial charge in [-0.2, -0.15) is 0 Å². The van der Waals surface area contributed by atoms with Gasteiger partial charge < -0.3 is 15.5 Å². The van der Waals surface area contributed by atoms with E-state index in [0.717, 1.165) is 48.7 Å². The van der Waals surface area contributed by atoms with Crippen molar-refractivity contribution < 1.29 is 9.32 Å². The Morgan fingerprint density at radius 1 is 1.17 bits per heavy atom. The molecule has 1 fully saturated rings. The molecule has 0 radical (unpaired) electrons. The van der Waals surface area contributed by atoms with Crippen molar-refractivity contribution in [2.45, 2.75) is 35.1 Å². The fraction of sp³-hybridized carbons (Fsp3) is 0.455. The van der Waals surface area contributed by atoms with E-state index in [-0.39, 0.29) is 6.04 Å². The average Bonchev–Trinajstić information content (AvgIpc) is 3.41. The fourth-order valence-corrected chi connectivity index (χ4v) is 6.71. The van der Waals surface area contributed by atoms with Crippen molar-refractivity contribution in [3.8, 4) is 5.75 Å². The number of nitrogens with one attached hydrogen (secondary N) is 1. The number of rotatable bonds is 9. The van der Waals surface area contributed by atoms with Crippen LogP contribution in [0.5, 0.6) is 5.75 Å². The quantitative estimate of drug-likeness (QED) is 0.244. The van der Waals surface area contributed by atoms with Crippen LogP contribution in [0.4, 0.5) is 4.48 Å². The largest absolute Gasteiger partial charge is 0.367 e. The highest BCUT2D eigenvalue weighted by Gasteiger charge is 2.49. The summed E-state index contributed by atoms with van der Waals surface area (Å²) < 4.78 is 15.2. The number of hydrogen-bond donors (Lipinski definition) is 3. The molecule has 2 aromatic rings. The first kappa shape index (κ1) is 21.5. The van der Waals surface area contributed by atoms with E-state index in [1.807, 2.05) is 54.8 Å². The van der Waals surface area contributed by atoms with Crippen LogP contribution in [0, 0.1) is 5.92 Å². The molecule has 2 heterocycles. The molecular weight excluding hydrogens is 401 g/mol. The molecule has 0 amide bonds. The fourth-order valence-electron chi connectivity index (χ4n) is 4.33. The van der Waals surface area contributed by atoms with Crippen molar-refractivity contribution in [2.24, 2.45) is 17.5 Å². The maximum atomic E-state index is 14.7. The minimum absolute atomic E-state index is 0.210. The molecule has 1 atom stereocenters. The predicted octanol–water partition coefficient (Wildman–Crippen LogP) is 2.99. The van der Waals surface area contributed by atoms with E-state index in [9.17, 15) is 4.48 Å². The third-order valence-corrected chi connectivity index (χ3v) is 9.31. The van der Waals surface area contributed by atoms with Gasteiger partial charge in [-0.25, -0.2) is 0 Å². The highest BCUT2D eigenvalue weighted by molar-refractivity contribution is 8.35. The van der Waals surface area contributed by atoms with Crippen LogP contribution in [0.15, 0.2) is 58.3 Å². The lowest BCUT2D eigenvalue weighted by Crippen LogP contribution is -2.49. The molecule has 1 saturated heterocycles. The number of nitrogens with zero attached hydrogens (tertiary/aromatic N) is 2. The number of halogens is 1. The third kappa shape index (κ3) is 4.34. The number of nitrogens with two attached hydrogens (primary N) is 2. The van der Waals surface area contributed by atoms with Crippen molar-refractivity contribution in [1.29, 1.82) is 0 Å². The second kappa shape index (κ2) is 9.21. The summed E-state index contributed by atoms with van der Waals surface area (Å²) in [5.41, 5.74) is 9.86. The Hall–Kier alpha value is -1.68. The van der Waals surface area contributed by atoms with Crippen LogP contribution in [0.3, 0.4) is 0 Å². The van der Waals surface area contributed by atoms with Crippen LogP contribution in [0.2, 0.25) is 0 Å². The smallest absolute Gasteiger partial charge is 0.151 e. The molecule has 30 heavy (non-hydrogen) atoms. The maximum absolute atomic E-state index is 14.7. The number of hydrazine groups is 1. The average molecular weight is 434 g/mol. The number of benzene rings is 2. The Morgan fingerprint density at radius 3 is 2.37 bits per heavy atom. The van der Waals surface area contributed by atoms with Crippen LogP contribution >= 0.6 is 10.2 Å². The summed E-state index contributed by atoms with van der Waals surface area (Å²) in [5, 5.41) is 0. The van der Waals surface area contributed by atoms with E-state index >= 15 is 0 Å². The first-order chi connectivity index (χ1) is 14.6. The van der Waals surface area contributed by atoms with Gasteiger partial charge in [0, 0.05) is 28.9 Å². The molecule has 6 nitrogen and oxygen atoms in total. The van der Waals surface area contributed by atoms with E-state index in [2.05, 4.69) is 10.3 Å². The van der Waals surface area contributed by atoms with E-state index < -0.39 is 10.2 Å². The number of piperidine rings is 1. The monoisotopic (exact) mass is 433 g/mol. The zero-order valence-electron chi connectivity index (χ0n) is 17.5. The Balaban J connectivity index is 1.23. The first-order valence-electron chi connectivity index (χ1n) is 10.5. The molecule has 2 aromatic carbocycles. The van der Waals surface area contributed by atoms with Gasteiger partial charge in [0.25, 0.3) is 0 Å². The zero-order valence-corrected chi connectivity index (χ0v) is 18.3. The third-order valence-electron chi connectivity index (χ3n) is 6.44. The van der Waals surface area contributed by atoms with Crippen LogP contribution in [0.1, 0.15) is 18.4 Å². The second-order valence-corrected chi connectivity index (χ2v) is 11.1. The highest BCUT2D eigenvalue weighted by atomic mass is 32.3. The molecule has 164 valence electrons. The predicted molar refractivity (Wildman–Crippen MR) is 120 cm³/mol. The highest BCUT2D eigenvalue weighted by Crippen LogP contribution is 2.78. The second-order valence-electron chi connectivity index (χ2n) is 8.21. The molecule has 0 saturated carbocycles. The molecule has 2 aliphatic heterocycles. The zero-order chi connectivity index (χ0) is 21.1. The van der Waals surface area contributed by atoms with Crippen molar-refractivity contribution in [3.05, 3.63) is 54.1 Å². The van der Waals surface area contributed by atoms with Gasteiger partial charge in [0.1, 0.15) is 0 Å². The van der Waals surface area contributed by atoms with Gasteiger partial charge in [-0.05, 0) is 74.4 Å². The van der Waals surface area contributed by atoms with Crippen LogP contribution in [-0.4, -0.2) is 48.1 Å². The summed E-state index contributed by atoms with van der Waals surface area (Å²) in [6, 6.07) is 15.8. The summed E-state index contributed by atoms with van der Waals surface area (Å²) in [6.45, 7) is 3.74. The van der Waals surface area contributed by atoms with Crippen molar-refractivity contribution in [1.82, 2.24) is 15.0 Å². The topological polar surface area (TPSA) is 79.8 Å². The van der Waals surface area contributed by atoms with Gasteiger partial charge in [0.05, 0.1) is 4.69 Å². The molecule has 0 spiro atoms. The SMILES string of the molecule is CS1(N(F)Oc2ccc(CCN3CCC(C(CN)NN)CC3)cc2)c2ccccc21. The molecule has 4 rings (SSSR count). The van der Waals surface area contributed by atoms with Gasteiger partial charge in [0.15, 0.2) is 5.75 Å².